The van der Waals surface area contributed by atoms with Crippen molar-refractivity contribution in [2.45, 2.75) is 117 Å². The van der Waals surface area contributed by atoms with Crippen LogP contribution in [0.4, 0.5) is 13.2 Å². The SMILES string of the molecule is CCCCCCCCN=C1c2ccc(C(F)(F)F)cc2C(=NCCCCCCCC)N1C(C)C. The van der Waals surface area contributed by atoms with Crippen molar-refractivity contribution >= 4 is 11.7 Å². The van der Waals surface area contributed by atoms with Crippen molar-refractivity contribution in [3.63, 3.8) is 0 Å². The number of hydrogen-bond donors (Lipinski definition) is 0. The molecular formula is C28H44F3N3. The molecule has 0 amide bonds. The topological polar surface area (TPSA) is 28.0 Å². The number of alkyl halides is 3. The predicted molar refractivity (Wildman–Crippen MR) is 138 cm³/mol. The van der Waals surface area contributed by atoms with Gasteiger partial charge in [-0.05, 0) is 44.9 Å². The van der Waals surface area contributed by atoms with E-state index in [-0.39, 0.29) is 6.04 Å². The van der Waals surface area contributed by atoms with Crippen molar-refractivity contribution in [2.75, 3.05) is 13.1 Å². The van der Waals surface area contributed by atoms with Crippen molar-refractivity contribution in [3.8, 4) is 0 Å². The van der Waals surface area contributed by atoms with Gasteiger partial charge in [0.15, 0.2) is 0 Å². The molecule has 0 atom stereocenters. The molecule has 1 aromatic rings. The van der Waals surface area contributed by atoms with Crippen LogP contribution in [0.5, 0.6) is 0 Å². The molecule has 1 aromatic carbocycles. The summed E-state index contributed by atoms with van der Waals surface area (Å²) >= 11 is 0. The highest BCUT2D eigenvalue weighted by molar-refractivity contribution is 6.25. The lowest BCUT2D eigenvalue weighted by atomic mass is 10.0. The number of rotatable bonds is 15. The Labute approximate surface area is 205 Å². The summed E-state index contributed by atoms with van der Waals surface area (Å²) in [6.45, 7) is 9.83. The Bertz CT molecular complexity index is 797. The molecule has 0 radical (unpaired) electrons. The van der Waals surface area contributed by atoms with E-state index in [1.807, 2.05) is 4.90 Å². The quantitative estimate of drug-likeness (QED) is 0.231. The molecule has 0 bridgehead atoms. The Hall–Kier alpha value is -1.85. The van der Waals surface area contributed by atoms with Crippen LogP contribution in [0.15, 0.2) is 28.2 Å². The van der Waals surface area contributed by atoms with Gasteiger partial charge < -0.3 is 4.90 Å². The standard InChI is InChI=1S/C28H44F3N3/c1-5-7-9-11-13-15-19-32-26-24-18-17-23(28(29,30)31)21-25(24)27(34(26)22(3)4)33-20-16-14-12-10-8-6-2/h17-18,21-22H,5-16,19-20H2,1-4H3. The highest BCUT2D eigenvalue weighted by atomic mass is 19.4. The Kier molecular flexibility index (Phi) is 12.1. The second-order valence-corrected chi connectivity index (χ2v) is 9.67. The highest BCUT2D eigenvalue weighted by Crippen LogP contribution is 2.34. The summed E-state index contributed by atoms with van der Waals surface area (Å²) in [5, 5.41) is 0. The molecule has 0 fully saturated rings. The van der Waals surface area contributed by atoms with E-state index in [1.165, 1.54) is 63.5 Å². The van der Waals surface area contributed by atoms with Crippen LogP contribution in [-0.2, 0) is 6.18 Å². The summed E-state index contributed by atoms with van der Waals surface area (Å²) in [6, 6.07) is 4.08. The molecular weight excluding hydrogens is 435 g/mol. The zero-order chi connectivity index (χ0) is 25.0. The van der Waals surface area contributed by atoms with E-state index in [4.69, 9.17) is 9.98 Å². The maximum atomic E-state index is 13.5. The minimum absolute atomic E-state index is 0.0633. The van der Waals surface area contributed by atoms with Crippen LogP contribution >= 0.6 is 0 Å². The minimum Gasteiger partial charge on any atom is -0.308 e. The minimum atomic E-state index is -4.37. The highest BCUT2D eigenvalue weighted by Gasteiger charge is 2.37. The number of unbranched alkanes of at least 4 members (excludes halogenated alkanes) is 10. The zero-order valence-electron chi connectivity index (χ0n) is 21.7. The first kappa shape index (κ1) is 28.4. The van der Waals surface area contributed by atoms with Gasteiger partial charge in [0.1, 0.15) is 11.7 Å². The van der Waals surface area contributed by atoms with Gasteiger partial charge in [0.2, 0.25) is 0 Å². The molecule has 3 nitrogen and oxygen atoms in total. The lowest BCUT2D eigenvalue weighted by Crippen LogP contribution is -2.37. The number of aliphatic imine (C=N–C) groups is 2. The first-order chi connectivity index (χ1) is 16.3. The van der Waals surface area contributed by atoms with Gasteiger partial charge in [-0.1, -0.05) is 78.1 Å². The summed E-state index contributed by atoms with van der Waals surface area (Å²) in [5.74, 6) is 1.42. The van der Waals surface area contributed by atoms with E-state index < -0.39 is 11.7 Å². The summed E-state index contributed by atoms with van der Waals surface area (Å²) in [5.41, 5.74) is 0.713. The zero-order valence-corrected chi connectivity index (χ0v) is 21.7. The maximum Gasteiger partial charge on any atom is 0.416 e. The van der Waals surface area contributed by atoms with Gasteiger partial charge in [-0.2, -0.15) is 13.2 Å². The van der Waals surface area contributed by atoms with E-state index >= 15 is 0 Å². The Morgan fingerprint density at radius 1 is 0.706 bits per heavy atom. The molecule has 0 saturated carbocycles. The smallest absolute Gasteiger partial charge is 0.308 e. The van der Waals surface area contributed by atoms with E-state index in [1.54, 1.807) is 6.07 Å². The fraction of sp³-hybridized carbons (Fsp3) is 0.714. The third-order valence-electron chi connectivity index (χ3n) is 6.35. The van der Waals surface area contributed by atoms with Crippen LogP contribution in [0, 0.1) is 0 Å². The molecule has 0 saturated heterocycles. The van der Waals surface area contributed by atoms with Crippen LogP contribution in [0.25, 0.3) is 0 Å². The molecule has 0 N–H and O–H groups in total. The van der Waals surface area contributed by atoms with Crippen LogP contribution in [-0.4, -0.2) is 35.7 Å². The molecule has 0 spiro atoms. The molecule has 1 aliphatic heterocycles. The molecule has 0 aromatic heterocycles. The van der Waals surface area contributed by atoms with Gasteiger partial charge >= 0.3 is 6.18 Å². The van der Waals surface area contributed by atoms with Gasteiger partial charge in [-0.3, -0.25) is 9.98 Å². The van der Waals surface area contributed by atoms with Gasteiger partial charge in [0, 0.05) is 30.3 Å². The maximum absolute atomic E-state index is 13.5. The lowest BCUT2D eigenvalue weighted by molar-refractivity contribution is -0.137. The van der Waals surface area contributed by atoms with Gasteiger partial charge in [-0.25, -0.2) is 0 Å². The van der Waals surface area contributed by atoms with Crippen molar-refractivity contribution < 1.29 is 13.2 Å². The molecule has 2 rings (SSSR count). The third-order valence-corrected chi connectivity index (χ3v) is 6.35. The van der Waals surface area contributed by atoms with Crippen LogP contribution in [0.1, 0.15) is 121 Å². The average Bonchev–Trinajstić information content (AvgIpc) is 3.10. The summed E-state index contributed by atoms with van der Waals surface area (Å²) < 4.78 is 40.4. The fourth-order valence-electron chi connectivity index (χ4n) is 4.43. The van der Waals surface area contributed by atoms with Gasteiger partial charge in [0.25, 0.3) is 0 Å². The molecule has 1 heterocycles. The number of benzene rings is 1. The van der Waals surface area contributed by atoms with Crippen molar-refractivity contribution in [1.82, 2.24) is 4.90 Å². The Morgan fingerprint density at radius 3 is 1.65 bits per heavy atom. The summed E-state index contributed by atoms with van der Waals surface area (Å²) in [4.78, 5) is 11.8. The van der Waals surface area contributed by atoms with Crippen LogP contribution in [0.3, 0.4) is 0 Å². The predicted octanol–water partition coefficient (Wildman–Crippen LogP) is 8.64. The van der Waals surface area contributed by atoms with Crippen LogP contribution in [0.2, 0.25) is 0 Å². The van der Waals surface area contributed by atoms with Crippen molar-refractivity contribution in [1.29, 1.82) is 0 Å². The van der Waals surface area contributed by atoms with Gasteiger partial charge in [-0.15, -0.1) is 0 Å². The fourth-order valence-corrected chi connectivity index (χ4v) is 4.43. The van der Waals surface area contributed by atoms with Gasteiger partial charge in [0.05, 0.1) is 5.56 Å². The van der Waals surface area contributed by atoms with Crippen molar-refractivity contribution in [2.24, 2.45) is 9.98 Å². The van der Waals surface area contributed by atoms with E-state index in [9.17, 15) is 13.2 Å². The summed E-state index contributed by atoms with van der Waals surface area (Å²) in [7, 11) is 0. The first-order valence-corrected chi connectivity index (χ1v) is 13.4. The molecule has 0 unspecified atom stereocenters. The Balaban J connectivity index is 2.22. The summed E-state index contributed by atoms with van der Waals surface area (Å²) in [6.07, 6.45) is 9.66. The second kappa shape index (κ2) is 14.5. The number of halogens is 3. The van der Waals surface area contributed by atoms with E-state index in [2.05, 4.69) is 27.7 Å². The number of nitrogens with zero attached hydrogens (tertiary/aromatic N) is 3. The van der Waals surface area contributed by atoms with Crippen molar-refractivity contribution in [3.05, 3.63) is 34.9 Å². The number of fused-ring (bicyclic) bond motifs is 1. The van der Waals surface area contributed by atoms with Crippen LogP contribution < -0.4 is 0 Å². The average molecular weight is 480 g/mol. The molecule has 6 heteroatoms. The first-order valence-electron chi connectivity index (χ1n) is 13.4. The molecule has 0 aliphatic carbocycles. The normalized spacial score (nSPS) is 16.3. The monoisotopic (exact) mass is 479 g/mol. The second-order valence-electron chi connectivity index (χ2n) is 9.67. The number of hydrogen-bond acceptors (Lipinski definition) is 2. The molecule has 34 heavy (non-hydrogen) atoms. The van der Waals surface area contributed by atoms with E-state index in [0.29, 0.717) is 24.5 Å². The third kappa shape index (κ3) is 8.42. The van der Waals surface area contributed by atoms with E-state index in [0.717, 1.165) is 37.1 Å². The molecule has 1 aliphatic rings. The molecule has 192 valence electrons. The largest absolute Gasteiger partial charge is 0.416 e. The Morgan fingerprint density at radius 2 is 1.18 bits per heavy atom. The number of amidine groups is 2. The lowest BCUT2D eigenvalue weighted by Gasteiger charge is -2.25.